The Balaban J connectivity index is 1.88. The fourth-order valence-corrected chi connectivity index (χ4v) is 2.03. The van der Waals surface area contributed by atoms with Crippen molar-refractivity contribution in [3.05, 3.63) is 24.3 Å². The van der Waals surface area contributed by atoms with Crippen molar-refractivity contribution >= 4 is 17.3 Å². The molecular formula is C15H22N2O2. The molecule has 1 heterocycles. The number of rotatable bonds is 4. The predicted octanol–water partition coefficient (Wildman–Crippen LogP) is 2.87. The Kier molecular flexibility index (Phi) is 4.80. The Morgan fingerprint density at radius 1 is 1.26 bits per heavy atom. The van der Waals surface area contributed by atoms with Crippen molar-refractivity contribution in [2.45, 2.75) is 32.7 Å². The van der Waals surface area contributed by atoms with Crippen LogP contribution < -0.4 is 10.6 Å². The molecule has 1 aromatic carbocycles. The average Bonchev–Trinajstić information content (AvgIpc) is 2.42. The molecule has 104 valence electrons. The second-order valence-electron chi connectivity index (χ2n) is 5.28. The molecule has 0 radical (unpaired) electrons. The monoisotopic (exact) mass is 262 g/mol. The zero-order valence-corrected chi connectivity index (χ0v) is 11.6. The first-order valence-electron chi connectivity index (χ1n) is 6.90. The van der Waals surface area contributed by atoms with Gasteiger partial charge >= 0.3 is 0 Å². The number of anilines is 2. The SMILES string of the molecule is CC(C)C(=O)Nc1ccc(NC2CCCOC2)cc1. The third-order valence-electron chi connectivity index (χ3n) is 3.21. The summed E-state index contributed by atoms with van der Waals surface area (Å²) in [5, 5.41) is 6.33. The minimum Gasteiger partial charge on any atom is -0.380 e. The van der Waals surface area contributed by atoms with Gasteiger partial charge in [-0.15, -0.1) is 0 Å². The molecule has 1 aliphatic heterocycles. The van der Waals surface area contributed by atoms with E-state index >= 15 is 0 Å². The van der Waals surface area contributed by atoms with Gasteiger partial charge in [0.15, 0.2) is 0 Å². The standard InChI is InChI=1S/C15H22N2O2/c1-11(2)15(18)17-13-7-5-12(6-8-13)16-14-4-3-9-19-10-14/h5-8,11,14,16H,3-4,9-10H2,1-2H3,(H,17,18). The van der Waals surface area contributed by atoms with Crippen LogP contribution in [0.15, 0.2) is 24.3 Å². The highest BCUT2D eigenvalue weighted by Crippen LogP contribution is 2.17. The van der Waals surface area contributed by atoms with E-state index in [2.05, 4.69) is 10.6 Å². The molecule has 2 rings (SSSR count). The highest BCUT2D eigenvalue weighted by atomic mass is 16.5. The van der Waals surface area contributed by atoms with Crippen LogP contribution in [0.2, 0.25) is 0 Å². The predicted molar refractivity (Wildman–Crippen MR) is 77.4 cm³/mol. The van der Waals surface area contributed by atoms with Crippen LogP contribution in [0.5, 0.6) is 0 Å². The molecule has 4 nitrogen and oxygen atoms in total. The van der Waals surface area contributed by atoms with Gasteiger partial charge in [-0.3, -0.25) is 4.79 Å². The number of carbonyl (C=O) groups is 1. The number of ether oxygens (including phenoxy) is 1. The van der Waals surface area contributed by atoms with E-state index in [-0.39, 0.29) is 11.8 Å². The molecule has 0 aromatic heterocycles. The Morgan fingerprint density at radius 2 is 1.95 bits per heavy atom. The van der Waals surface area contributed by atoms with Gasteiger partial charge in [-0.1, -0.05) is 13.8 Å². The van der Waals surface area contributed by atoms with Crippen LogP contribution in [0.4, 0.5) is 11.4 Å². The third-order valence-corrected chi connectivity index (χ3v) is 3.21. The Hall–Kier alpha value is -1.55. The Morgan fingerprint density at radius 3 is 2.53 bits per heavy atom. The normalized spacial score (nSPS) is 19.2. The zero-order valence-electron chi connectivity index (χ0n) is 11.6. The topological polar surface area (TPSA) is 50.4 Å². The maximum atomic E-state index is 11.6. The summed E-state index contributed by atoms with van der Waals surface area (Å²) in [7, 11) is 0. The number of amides is 1. The molecule has 1 aromatic rings. The van der Waals surface area contributed by atoms with Crippen LogP contribution in [0.1, 0.15) is 26.7 Å². The molecule has 0 bridgehead atoms. The lowest BCUT2D eigenvalue weighted by Crippen LogP contribution is -2.29. The average molecular weight is 262 g/mol. The van der Waals surface area contributed by atoms with Crippen molar-refractivity contribution in [3.63, 3.8) is 0 Å². The number of hydrogen-bond donors (Lipinski definition) is 2. The van der Waals surface area contributed by atoms with Gasteiger partial charge in [-0.05, 0) is 37.1 Å². The molecular weight excluding hydrogens is 240 g/mol. The Labute approximate surface area is 114 Å². The number of benzene rings is 1. The fraction of sp³-hybridized carbons (Fsp3) is 0.533. The van der Waals surface area contributed by atoms with Gasteiger partial charge in [0, 0.05) is 29.9 Å². The smallest absolute Gasteiger partial charge is 0.226 e. The van der Waals surface area contributed by atoms with Crippen molar-refractivity contribution in [1.82, 2.24) is 0 Å². The Bertz CT molecular complexity index is 409. The summed E-state index contributed by atoms with van der Waals surface area (Å²) in [5.74, 6) is 0.0404. The van der Waals surface area contributed by atoms with Crippen LogP contribution in [0.25, 0.3) is 0 Å². The van der Waals surface area contributed by atoms with E-state index in [0.29, 0.717) is 6.04 Å². The summed E-state index contributed by atoms with van der Waals surface area (Å²) in [6.45, 7) is 5.41. The molecule has 4 heteroatoms. The minimum atomic E-state index is -0.00260. The first-order valence-corrected chi connectivity index (χ1v) is 6.90. The quantitative estimate of drug-likeness (QED) is 0.877. The van der Waals surface area contributed by atoms with E-state index in [1.807, 2.05) is 38.1 Å². The lowest BCUT2D eigenvalue weighted by atomic mass is 10.1. The lowest BCUT2D eigenvalue weighted by Gasteiger charge is -2.24. The first-order chi connectivity index (χ1) is 9.15. The van der Waals surface area contributed by atoms with E-state index in [4.69, 9.17) is 4.74 Å². The van der Waals surface area contributed by atoms with E-state index in [9.17, 15) is 4.79 Å². The van der Waals surface area contributed by atoms with Gasteiger partial charge in [0.2, 0.25) is 5.91 Å². The molecule has 1 atom stereocenters. The summed E-state index contributed by atoms with van der Waals surface area (Å²) < 4.78 is 5.44. The molecule has 0 aliphatic carbocycles. The van der Waals surface area contributed by atoms with Crippen LogP contribution in [0, 0.1) is 5.92 Å². The molecule has 0 saturated carbocycles. The van der Waals surface area contributed by atoms with Crippen molar-refractivity contribution in [1.29, 1.82) is 0 Å². The van der Waals surface area contributed by atoms with E-state index < -0.39 is 0 Å². The molecule has 1 saturated heterocycles. The van der Waals surface area contributed by atoms with E-state index in [0.717, 1.165) is 37.4 Å². The van der Waals surface area contributed by atoms with Gasteiger partial charge in [-0.2, -0.15) is 0 Å². The maximum absolute atomic E-state index is 11.6. The fourth-order valence-electron chi connectivity index (χ4n) is 2.03. The van der Waals surface area contributed by atoms with Gasteiger partial charge in [-0.25, -0.2) is 0 Å². The van der Waals surface area contributed by atoms with Gasteiger partial charge in [0.1, 0.15) is 0 Å². The maximum Gasteiger partial charge on any atom is 0.226 e. The second-order valence-corrected chi connectivity index (χ2v) is 5.28. The van der Waals surface area contributed by atoms with E-state index in [1.165, 1.54) is 0 Å². The van der Waals surface area contributed by atoms with Crippen molar-refractivity contribution in [2.24, 2.45) is 5.92 Å². The van der Waals surface area contributed by atoms with Crippen molar-refractivity contribution in [2.75, 3.05) is 23.8 Å². The van der Waals surface area contributed by atoms with Gasteiger partial charge < -0.3 is 15.4 Å². The first kappa shape index (κ1) is 13.9. The summed E-state index contributed by atoms with van der Waals surface area (Å²) in [4.78, 5) is 11.6. The van der Waals surface area contributed by atoms with Crippen LogP contribution in [-0.4, -0.2) is 25.2 Å². The number of hydrogen-bond acceptors (Lipinski definition) is 3. The highest BCUT2D eigenvalue weighted by Gasteiger charge is 2.13. The van der Waals surface area contributed by atoms with Crippen LogP contribution in [0.3, 0.4) is 0 Å². The molecule has 1 fully saturated rings. The third kappa shape index (κ3) is 4.24. The molecule has 1 amide bonds. The summed E-state index contributed by atoms with van der Waals surface area (Å²) in [6.07, 6.45) is 2.26. The van der Waals surface area contributed by atoms with Crippen molar-refractivity contribution < 1.29 is 9.53 Å². The molecule has 19 heavy (non-hydrogen) atoms. The number of nitrogens with one attached hydrogen (secondary N) is 2. The second kappa shape index (κ2) is 6.57. The van der Waals surface area contributed by atoms with Gasteiger partial charge in [0.05, 0.1) is 6.61 Å². The molecule has 2 N–H and O–H groups in total. The zero-order chi connectivity index (χ0) is 13.7. The van der Waals surface area contributed by atoms with Crippen LogP contribution >= 0.6 is 0 Å². The highest BCUT2D eigenvalue weighted by molar-refractivity contribution is 5.92. The molecule has 1 aliphatic rings. The summed E-state index contributed by atoms with van der Waals surface area (Å²) in [6, 6.07) is 8.22. The summed E-state index contributed by atoms with van der Waals surface area (Å²) >= 11 is 0. The van der Waals surface area contributed by atoms with E-state index in [1.54, 1.807) is 0 Å². The largest absolute Gasteiger partial charge is 0.380 e. The number of carbonyl (C=O) groups excluding carboxylic acids is 1. The van der Waals surface area contributed by atoms with Crippen molar-refractivity contribution in [3.8, 4) is 0 Å². The molecule has 0 spiro atoms. The summed E-state index contributed by atoms with van der Waals surface area (Å²) in [5.41, 5.74) is 1.90. The van der Waals surface area contributed by atoms with Crippen LogP contribution in [-0.2, 0) is 9.53 Å². The van der Waals surface area contributed by atoms with Gasteiger partial charge in [0.25, 0.3) is 0 Å². The lowest BCUT2D eigenvalue weighted by molar-refractivity contribution is -0.118. The minimum absolute atomic E-state index is 0.00260. The molecule has 1 unspecified atom stereocenters.